The summed E-state index contributed by atoms with van der Waals surface area (Å²) in [7, 11) is -0.441. The molecule has 0 spiro atoms. The monoisotopic (exact) mass is 354 g/mol. The molecular weight excluding hydrogens is 327 g/mol. The van der Waals surface area contributed by atoms with Gasteiger partial charge in [-0.3, -0.25) is 9.36 Å². The Morgan fingerprint density at radius 3 is 2.38 bits per heavy atom. The van der Waals surface area contributed by atoms with Crippen molar-refractivity contribution in [2.45, 2.75) is 72.1 Å². The van der Waals surface area contributed by atoms with Crippen molar-refractivity contribution in [3.63, 3.8) is 0 Å². The Morgan fingerprint density at radius 1 is 1.08 bits per heavy atom. The molecule has 2 aliphatic rings. The molecule has 1 aromatic heterocycles. The maximum Gasteiger partial charge on any atom is 0.494 e. The van der Waals surface area contributed by atoms with E-state index in [-0.39, 0.29) is 22.2 Å². The van der Waals surface area contributed by atoms with Crippen molar-refractivity contribution < 1.29 is 9.31 Å². The Bertz CT molecular complexity index is 930. The molecular formula is C20H27BN2O3. The smallest absolute Gasteiger partial charge is 0.399 e. The quantitative estimate of drug-likeness (QED) is 0.739. The summed E-state index contributed by atoms with van der Waals surface area (Å²) >= 11 is 0. The fourth-order valence-corrected chi connectivity index (χ4v) is 3.72. The summed E-state index contributed by atoms with van der Waals surface area (Å²) in [6.07, 6.45) is 1.88. The first-order valence-corrected chi connectivity index (χ1v) is 9.38. The predicted molar refractivity (Wildman–Crippen MR) is 104 cm³/mol. The third kappa shape index (κ3) is 2.71. The van der Waals surface area contributed by atoms with Crippen LogP contribution in [-0.2, 0) is 22.3 Å². The molecule has 138 valence electrons. The highest BCUT2D eigenvalue weighted by Crippen LogP contribution is 2.36. The van der Waals surface area contributed by atoms with Crippen molar-refractivity contribution in [1.29, 1.82) is 0 Å². The van der Waals surface area contributed by atoms with E-state index in [0.717, 1.165) is 36.2 Å². The van der Waals surface area contributed by atoms with Gasteiger partial charge >= 0.3 is 7.12 Å². The molecule has 1 aromatic carbocycles. The van der Waals surface area contributed by atoms with Crippen LogP contribution in [0.2, 0.25) is 0 Å². The van der Waals surface area contributed by atoms with Crippen molar-refractivity contribution in [3.8, 4) is 0 Å². The van der Waals surface area contributed by atoms with Gasteiger partial charge in [-0.2, -0.15) is 0 Å². The fraction of sp³-hybridized carbons (Fsp3) is 0.600. The average molecular weight is 354 g/mol. The van der Waals surface area contributed by atoms with Crippen molar-refractivity contribution in [1.82, 2.24) is 9.55 Å². The highest BCUT2D eigenvalue weighted by molar-refractivity contribution is 6.62. The van der Waals surface area contributed by atoms with Crippen LogP contribution in [0.25, 0.3) is 10.9 Å². The molecule has 0 saturated carbocycles. The van der Waals surface area contributed by atoms with Gasteiger partial charge in [-0.15, -0.1) is 0 Å². The molecule has 1 fully saturated rings. The first-order valence-electron chi connectivity index (χ1n) is 9.38. The molecule has 2 aromatic rings. The van der Waals surface area contributed by atoms with Crippen molar-refractivity contribution >= 4 is 23.5 Å². The number of nitrogens with zero attached hydrogens (tertiary/aromatic N) is 2. The van der Waals surface area contributed by atoms with Crippen LogP contribution in [0.5, 0.6) is 0 Å². The van der Waals surface area contributed by atoms with Gasteiger partial charge in [0.2, 0.25) is 0 Å². The number of hydrogen-bond acceptors (Lipinski definition) is 4. The topological polar surface area (TPSA) is 53.4 Å². The van der Waals surface area contributed by atoms with Crippen LogP contribution in [-0.4, -0.2) is 27.9 Å². The largest absolute Gasteiger partial charge is 0.494 e. The molecule has 3 heterocycles. The number of aryl methyl sites for hydroxylation is 1. The zero-order chi connectivity index (χ0) is 18.9. The molecule has 0 atom stereocenters. The minimum absolute atomic E-state index is 0.0539. The number of benzene rings is 1. The first-order chi connectivity index (χ1) is 12.0. The lowest BCUT2D eigenvalue weighted by molar-refractivity contribution is 0.00578. The van der Waals surface area contributed by atoms with E-state index in [2.05, 4.69) is 13.8 Å². The van der Waals surface area contributed by atoms with E-state index in [0.29, 0.717) is 5.39 Å². The molecule has 0 amide bonds. The molecule has 5 nitrogen and oxygen atoms in total. The molecule has 0 N–H and O–H groups in total. The van der Waals surface area contributed by atoms with Gasteiger partial charge in [-0.05, 0) is 57.1 Å². The summed E-state index contributed by atoms with van der Waals surface area (Å²) in [6.45, 7) is 13.3. The molecule has 0 aliphatic carbocycles. The molecule has 26 heavy (non-hydrogen) atoms. The van der Waals surface area contributed by atoms with Crippen LogP contribution in [0.4, 0.5) is 0 Å². The van der Waals surface area contributed by atoms with Crippen molar-refractivity contribution in [3.05, 3.63) is 34.4 Å². The van der Waals surface area contributed by atoms with E-state index < -0.39 is 7.12 Å². The van der Waals surface area contributed by atoms with E-state index >= 15 is 0 Å². The lowest BCUT2D eigenvalue weighted by Gasteiger charge is -2.32. The van der Waals surface area contributed by atoms with E-state index in [1.54, 1.807) is 0 Å². The predicted octanol–water partition coefficient (Wildman–Crippen LogP) is 2.67. The third-order valence-electron chi connectivity index (χ3n) is 6.20. The van der Waals surface area contributed by atoms with Crippen molar-refractivity contribution in [2.24, 2.45) is 5.41 Å². The van der Waals surface area contributed by atoms with Gasteiger partial charge in [-0.1, -0.05) is 19.9 Å². The minimum atomic E-state index is -0.441. The summed E-state index contributed by atoms with van der Waals surface area (Å²) in [4.78, 5) is 17.8. The summed E-state index contributed by atoms with van der Waals surface area (Å²) in [5.41, 5.74) is 1.05. The van der Waals surface area contributed by atoms with E-state index in [1.807, 2.05) is 50.5 Å². The standard InChI is InChI=1S/C20H27BN2O3/c1-18(2)10-9-16-22-15-11-13(7-8-14(15)17(24)23(16)12-18)21-25-19(3,4)20(5,6)26-21/h7-8,11H,9-10,12H2,1-6H3. The third-order valence-corrected chi connectivity index (χ3v) is 6.20. The lowest BCUT2D eigenvalue weighted by Crippen LogP contribution is -2.41. The highest BCUT2D eigenvalue weighted by atomic mass is 16.7. The summed E-state index contributed by atoms with van der Waals surface area (Å²) < 4.78 is 14.1. The van der Waals surface area contributed by atoms with Crippen LogP contribution < -0.4 is 11.0 Å². The number of rotatable bonds is 1. The Kier molecular flexibility index (Phi) is 3.70. The van der Waals surface area contributed by atoms with Crippen LogP contribution in [0.1, 0.15) is 53.8 Å². The van der Waals surface area contributed by atoms with Gasteiger partial charge in [0.25, 0.3) is 5.56 Å². The minimum Gasteiger partial charge on any atom is -0.399 e. The Hall–Kier alpha value is -1.66. The summed E-state index contributed by atoms with van der Waals surface area (Å²) in [6, 6.07) is 5.73. The lowest BCUT2D eigenvalue weighted by atomic mass is 9.78. The zero-order valence-corrected chi connectivity index (χ0v) is 16.5. The van der Waals surface area contributed by atoms with Gasteiger partial charge in [0.1, 0.15) is 5.82 Å². The molecule has 0 unspecified atom stereocenters. The SMILES string of the molecule is CC1(C)CCc2nc3cc(B4OC(C)(C)C(C)(C)O4)ccc3c(=O)n2C1. The second-order valence-corrected chi connectivity index (χ2v) is 9.45. The van der Waals surface area contributed by atoms with Gasteiger partial charge in [0.05, 0.1) is 22.1 Å². The number of hydrogen-bond donors (Lipinski definition) is 0. The molecule has 2 aliphatic heterocycles. The van der Waals surface area contributed by atoms with E-state index in [1.165, 1.54) is 0 Å². The van der Waals surface area contributed by atoms with Gasteiger partial charge in [-0.25, -0.2) is 4.98 Å². The van der Waals surface area contributed by atoms with Crippen LogP contribution in [0, 0.1) is 5.41 Å². The number of aromatic nitrogens is 2. The Morgan fingerprint density at radius 2 is 1.73 bits per heavy atom. The summed E-state index contributed by atoms with van der Waals surface area (Å²) in [5, 5.41) is 0.659. The van der Waals surface area contributed by atoms with E-state index in [9.17, 15) is 4.79 Å². The maximum absolute atomic E-state index is 13.0. The van der Waals surface area contributed by atoms with Crippen molar-refractivity contribution in [2.75, 3.05) is 0 Å². The van der Waals surface area contributed by atoms with E-state index in [4.69, 9.17) is 14.3 Å². The highest BCUT2D eigenvalue weighted by Gasteiger charge is 2.51. The van der Waals surface area contributed by atoms with Crippen LogP contribution >= 0.6 is 0 Å². The Labute approximate surface area is 154 Å². The summed E-state index contributed by atoms with van der Waals surface area (Å²) in [5.74, 6) is 0.882. The average Bonchev–Trinajstić information content (AvgIpc) is 2.76. The van der Waals surface area contributed by atoms with Crippen LogP contribution in [0.15, 0.2) is 23.0 Å². The van der Waals surface area contributed by atoms with Gasteiger partial charge in [0.15, 0.2) is 0 Å². The van der Waals surface area contributed by atoms with Gasteiger partial charge in [0, 0.05) is 13.0 Å². The zero-order valence-electron chi connectivity index (χ0n) is 16.5. The fourth-order valence-electron chi connectivity index (χ4n) is 3.72. The number of fused-ring (bicyclic) bond motifs is 2. The normalized spacial score (nSPS) is 23.2. The van der Waals surface area contributed by atoms with Crippen LogP contribution in [0.3, 0.4) is 0 Å². The second-order valence-electron chi connectivity index (χ2n) is 9.45. The first kappa shape index (κ1) is 17.7. The molecule has 0 radical (unpaired) electrons. The van der Waals surface area contributed by atoms with Gasteiger partial charge < -0.3 is 9.31 Å². The molecule has 0 bridgehead atoms. The second kappa shape index (κ2) is 5.43. The molecule has 4 rings (SSSR count). The maximum atomic E-state index is 13.0. The molecule has 6 heteroatoms. The Balaban J connectivity index is 1.77. The molecule has 1 saturated heterocycles.